The number of carbonyl (C=O) groups is 1. The van der Waals surface area contributed by atoms with Crippen LogP contribution in [0.5, 0.6) is 11.5 Å². The first-order valence-electron chi connectivity index (χ1n) is 5.10. The number of Topliss-reactive ketones (excluding diaryl/α,β-unsaturated/α-hetero) is 1. The molecule has 0 radical (unpaired) electrons. The van der Waals surface area contributed by atoms with Crippen LogP contribution in [0.1, 0.15) is 31.1 Å². The van der Waals surface area contributed by atoms with Crippen LogP contribution in [0, 0.1) is 0 Å². The summed E-state index contributed by atoms with van der Waals surface area (Å²) in [7, 11) is 0. The molecule has 0 aromatic heterocycles. The molecule has 0 fully saturated rings. The lowest BCUT2D eigenvalue weighted by atomic mass is 10.1. The number of phenols is 2. The third-order valence-corrected chi connectivity index (χ3v) is 2.08. The van der Waals surface area contributed by atoms with E-state index < -0.39 is 0 Å². The molecule has 0 saturated heterocycles. The van der Waals surface area contributed by atoms with Crippen molar-refractivity contribution in [2.24, 2.45) is 0 Å². The summed E-state index contributed by atoms with van der Waals surface area (Å²) >= 11 is 0. The summed E-state index contributed by atoms with van der Waals surface area (Å²) in [5.41, 5.74) is 0.251. The second-order valence-corrected chi connectivity index (χ2v) is 4.73. The van der Waals surface area contributed by atoms with Crippen molar-refractivity contribution in [1.29, 1.82) is 0 Å². The molecule has 88 valence electrons. The Labute approximate surface area is 94.9 Å². The second kappa shape index (κ2) is 4.53. The van der Waals surface area contributed by atoms with E-state index in [0.29, 0.717) is 5.56 Å². The minimum Gasteiger partial charge on any atom is -0.504 e. The summed E-state index contributed by atoms with van der Waals surface area (Å²) < 4.78 is 0. The van der Waals surface area contributed by atoms with Gasteiger partial charge in [-0.05, 0) is 39.0 Å². The van der Waals surface area contributed by atoms with Gasteiger partial charge in [0.15, 0.2) is 17.3 Å². The zero-order valence-electron chi connectivity index (χ0n) is 9.74. The van der Waals surface area contributed by atoms with Crippen LogP contribution < -0.4 is 5.32 Å². The molecule has 1 aromatic carbocycles. The first-order valence-corrected chi connectivity index (χ1v) is 5.10. The molecule has 3 N–H and O–H groups in total. The molecule has 1 aromatic rings. The predicted octanol–water partition coefficient (Wildman–Crippen LogP) is 1.67. The minimum absolute atomic E-state index is 0.120. The summed E-state index contributed by atoms with van der Waals surface area (Å²) in [5.74, 6) is -0.618. The van der Waals surface area contributed by atoms with Gasteiger partial charge < -0.3 is 15.5 Å². The predicted molar refractivity (Wildman–Crippen MR) is 61.9 cm³/mol. The van der Waals surface area contributed by atoms with Crippen LogP contribution in [0.25, 0.3) is 0 Å². The molecule has 0 spiro atoms. The van der Waals surface area contributed by atoms with E-state index >= 15 is 0 Å². The molecular weight excluding hydrogens is 206 g/mol. The van der Waals surface area contributed by atoms with Gasteiger partial charge >= 0.3 is 0 Å². The number of ketones is 1. The number of aromatic hydroxyl groups is 2. The van der Waals surface area contributed by atoms with Crippen LogP contribution in [-0.4, -0.2) is 28.1 Å². The highest BCUT2D eigenvalue weighted by Crippen LogP contribution is 2.24. The van der Waals surface area contributed by atoms with Crippen molar-refractivity contribution in [3.05, 3.63) is 23.8 Å². The first kappa shape index (κ1) is 12.5. The Hall–Kier alpha value is -1.55. The van der Waals surface area contributed by atoms with Crippen molar-refractivity contribution in [2.75, 3.05) is 6.54 Å². The van der Waals surface area contributed by atoms with Gasteiger partial charge in [-0.1, -0.05) is 0 Å². The Kier molecular flexibility index (Phi) is 3.55. The number of nitrogens with one attached hydrogen (secondary N) is 1. The molecule has 0 saturated carbocycles. The van der Waals surface area contributed by atoms with Crippen LogP contribution >= 0.6 is 0 Å². The largest absolute Gasteiger partial charge is 0.504 e. The topological polar surface area (TPSA) is 69.6 Å². The zero-order chi connectivity index (χ0) is 12.3. The van der Waals surface area contributed by atoms with Crippen molar-refractivity contribution in [1.82, 2.24) is 5.32 Å². The Bertz CT molecular complexity index is 394. The smallest absolute Gasteiger partial charge is 0.176 e. The number of rotatable bonds is 3. The molecular formula is C12H17NO3. The van der Waals surface area contributed by atoms with E-state index in [1.807, 2.05) is 20.8 Å². The molecule has 0 amide bonds. The summed E-state index contributed by atoms with van der Waals surface area (Å²) in [5, 5.41) is 21.4. The normalized spacial score (nSPS) is 11.4. The number of carbonyl (C=O) groups excluding carboxylic acids is 1. The maximum atomic E-state index is 11.7. The van der Waals surface area contributed by atoms with Gasteiger partial charge in [0.05, 0.1) is 6.54 Å². The minimum atomic E-state index is -0.276. The van der Waals surface area contributed by atoms with Crippen LogP contribution in [-0.2, 0) is 0 Å². The van der Waals surface area contributed by atoms with Crippen molar-refractivity contribution >= 4 is 5.78 Å². The summed E-state index contributed by atoms with van der Waals surface area (Å²) in [6, 6.07) is 4.06. The fourth-order valence-corrected chi connectivity index (χ4v) is 1.14. The van der Waals surface area contributed by atoms with Crippen LogP contribution in [0.15, 0.2) is 18.2 Å². The molecule has 16 heavy (non-hydrogen) atoms. The van der Waals surface area contributed by atoms with Crippen molar-refractivity contribution in [2.45, 2.75) is 26.3 Å². The van der Waals surface area contributed by atoms with E-state index in [1.165, 1.54) is 18.2 Å². The van der Waals surface area contributed by atoms with Gasteiger partial charge in [-0.25, -0.2) is 0 Å². The van der Waals surface area contributed by atoms with E-state index in [9.17, 15) is 9.90 Å². The molecule has 1 rings (SSSR count). The molecule has 0 unspecified atom stereocenters. The average Bonchev–Trinajstić information content (AvgIpc) is 2.17. The van der Waals surface area contributed by atoms with Crippen molar-refractivity contribution in [3.8, 4) is 11.5 Å². The van der Waals surface area contributed by atoms with E-state index in [1.54, 1.807) is 0 Å². The monoisotopic (exact) mass is 223 g/mol. The molecule has 4 heteroatoms. The van der Waals surface area contributed by atoms with Crippen molar-refractivity contribution < 1.29 is 15.0 Å². The Morgan fingerprint density at radius 2 is 1.88 bits per heavy atom. The number of hydrogen-bond donors (Lipinski definition) is 3. The Morgan fingerprint density at radius 1 is 1.25 bits per heavy atom. The maximum Gasteiger partial charge on any atom is 0.176 e. The molecule has 0 bridgehead atoms. The Morgan fingerprint density at radius 3 is 2.38 bits per heavy atom. The maximum absolute atomic E-state index is 11.7. The van der Waals surface area contributed by atoms with E-state index in [2.05, 4.69) is 5.32 Å². The van der Waals surface area contributed by atoms with E-state index in [4.69, 9.17) is 5.11 Å². The fourth-order valence-electron chi connectivity index (χ4n) is 1.14. The lowest BCUT2D eigenvalue weighted by molar-refractivity contribution is 0.0981. The van der Waals surface area contributed by atoms with Gasteiger partial charge in [-0.2, -0.15) is 0 Å². The SMILES string of the molecule is CC(C)(C)NCC(=O)c1ccc(O)c(O)c1. The second-order valence-electron chi connectivity index (χ2n) is 4.73. The molecule has 0 aliphatic heterocycles. The third kappa shape index (κ3) is 3.55. The summed E-state index contributed by atoms with van der Waals surface area (Å²) in [6.07, 6.45) is 0. The molecule has 0 aliphatic carbocycles. The third-order valence-electron chi connectivity index (χ3n) is 2.08. The van der Waals surface area contributed by atoms with Gasteiger partial charge in [-0.15, -0.1) is 0 Å². The van der Waals surface area contributed by atoms with Crippen LogP contribution in [0.2, 0.25) is 0 Å². The first-order chi connectivity index (χ1) is 7.29. The number of benzene rings is 1. The molecule has 0 heterocycles. The van der Waals surface area contributed by atoms with Gasteiger partial charge in [0.1, 0.15) is 0 Å². The van der Waals surface area contributed by atoms with Crippen molar-refractivity contribution in [3.63, 3.8) is 0 Å². The molecule has 4 nitrogen and oxygen atoms in total. The van der Waals surface area contributed by atoms with Gasteiger partial charge in [-0.3, -0.25) is 4.79 Å². The van der Waals surface area contributed by atoms with Crippen LogP contribution in [0.4, 0.5) is 0 Å². The standard InChI is InChI=1S/C12H17NO3/c1-12(2,3)13-7-11(16)8-4-5-9(14)10(15)6-8/h4-6,13-15H,7H2,1-3H3. The number of phenolic OH excluding ortho intramolecular Hbond substituents is 2. The van der Waals surface area contributed by atoms with Gasteiger partial charge in [0.2, 0.25) is 0 Å². The fraction of sp³-hybridized carbons (Fsp3) is 0.417. The van der Waals surface area contributed by atoms with Crippen LogP contribution in [0.3, 0.4) is 0 Å². The highest BCUT2D eigenvalue weighted by atomic mass is 16.3. The molecule has 0 atom stereocenters. The van der Waals surface area contributed by atoms with E-state index in [0.717, 1.165) is 0 Å². The summed E-state index contributed by atoms with van der Waals surface area (Å²) in [4.78, 5) is 11.7. The molecule has 0 aliphatic rings. The summed E-state index contributed by atoms with van der Waals surface area (Å²) in [6.45, 7) is 6.10. The highest BCUT2D eigenvalue weighted by molar-refractivity contribution is 5.98. The van der Waals surface area contributed by atoms with Gasteiger partial charge in [0.25, 0.3) is 0 Å². The zero-order valence-corrected chi connectivity index (χ0v) is 9.74. The lowest BCUT2D eigenvalue weighted by Gasteiger charge is -2.19. The van der Waals surface area contributed by atoms with Gasteiger partial charge in [0, 0.05) is 11.1 Å². The Balaban J connectivity index is 2.70. The van der Waals surface area contributed by atoms with E-state index in [-0.39, 0.29) is 29.4 Å². The quantitative estimate of drug-likeness (QED) is 0.538. The average molecular weight is 223 g/mol. The highest BCUT2D eigenvalue weighted by Gasteiger charge is 2.13. The lowest BCUT2D eigenvalue weighted by Crippen LogP contribution is -2.39. The number of hydrogen-bond acceptors (Lipinski definition) is 4.